The van der Waals surface area contributed by atoms with Gasteiger partial charge in [0, 0.05) is 12.2 Å². The normalized spacial score (nSPS) is 17.1. The van der Waals surface area contributed by atoms with Crippen molar-refractivity contribution in [3.63, 3.8) is 0 Å². The maximum Gasteiger partial charge on any atom is 0.319 e. The Balaban J connectivity index is 1.67. The molecule has 2 amide bonds. The first-order valence-electron chi connectivity index (χ1n) is 10.3. The van der Waals surface area contributed by atoms with Crippen molar-refractivity contribution in [3.05, 3.63) is 83.4 Å². The summed E-state index contributed by atoms with van der Waals surface area (Å²) in [5.74, 6) is 0.665. The van der Waals surface area contributed by atoms with E-state index in [-0.39, 0.29) is 11.9 Å². The Hall–Kier alpha value is -2.85. The number of carbonyl (C=O) groups is 1. The van der Waals surface area contributed by atoms with E-state index in [4.69, 9.17) is 5.73 Å². The number of allylic oxidation sites excluding steroid dienone is 3. The third kappa shape index (κ3) is 5.81. The van der Waals surface area contributed by atoms with Gasteiger partial charge in [0.2, 0.25) is 0 Å². The lowest BCUT2D eigenvalue weighted by molar-refractivity contribution is 0.250. The van der Waals surface area contributed by atoms with Gasteiger partial charge in [0.25, 0.3) is 0 Å². The van der Waals surface area contributed by atoms with Crippen LogP contribution in [0.5, 0.6) is 0 Å². The summed E-state index contributed by atoms with van der Waals surface area (Å²) in [7, 11) is 0. The van der Waals surface area contributed by atoms with Crippen LogP contribution in [0.3, 0.4) is 0 Å². The molecule has 1 aliphatic carbocycles. The number of urea groups is 1. The van der Waals surface area contributed by atoms with Gasteiger partial charge in [-0.25, -0.2) is 4.79 Å². The van der Waals surface area contributed by atoms with E-state index in [2.05, 4.69) is 60.9 Å². The molecule has 2 atom stereocenters. The number of hydrogen-bond acceptors (Lipinski definition) is 2. The molecule has 0 radical (unpaired) electrons. The van der Waals surface area contributed by atoms with Gasteiger partial charge in [-0.1, -0.05) is 72.7 Å². The van der Waals surface area contributed by atoms with Gasteiger partial charge < -0.3 is 16.4 Å². The first kappa shape index (κ1) is 20.9. The van der Waals surface area contributed by atoms with Crippen molar-refractivity contribution < 1.29 is 4.79 Å². The van der Waals surface area contributed by atoms with Gasteiger partial charge in [0.1, 0.15) is 0 Å². The number of nitrogens with two attached hydrogens (primary N) is 1. The molecule has 2 aromatic carbocycles. The van der Waals surface area contributed by atoms with Crippen LogP contribution in [0.25, 0.3) is 5.57 Å². The summed E-state index contributed by atoms with van der Waals surface area (Å²) < 4.78 is 0. The summed E-state index contributed by atoms with van der Waals surface area (Å²) >= 11 is 0. The Bertz CT molecular complexity index is 886. The number of rotatable bonds is 7. The molecule has 4 heteroatoms. The molecule has 2 unspecified atom stereocenters. The highest BCUT2D eigenvalue weighted by molar-refractivity contribution is 5.89. The number of benzene rings is 2. The van der Waals surface area contributed by atoms with Crippen molar-refractivity contribution in [3.8, 4) is 0 Å². The fraction of sp³-hybridized carbons (Fsp3) is 0.320. The van der Waals surface area contributed by atoms with Gasteiger partial charge in [-0.05, 0) is 61.4 Å². The van der Waals surface area contributed by atoms with E-state index in [0.29, 0.717) is 19.0 Å². The molecule has 29 heavy (non-hydrogen) atoms. The Morgan fingerprint density at radius 3 is 2.62 bits per heavy atom. The standard InChI is InChI=1S/C25H31N3O/c1-18-7-6-8-20(15-18)21-11-12-24(19(2)16-21)22(13-14-26)17-27-25(29)28-23-9-4-3-5-10-23/h3-12,15,19,22H,13-14,16-17,26H2,1-2H3,(H2,27,28,29). The molecular formula is C25H31N3O. The predicted molar refractivity (Wildman–Crippen MR) is 122 cm³/mol. The zero-order chi connectivity index (χ0) is 20.6. The lowest BCUT2D eigenvalue weighted by atomic mass is 9.78. The lowest BCUT2D eigenvalue weighted by Crippen LogP contribution is -2.35. The first-order valence-corrected chi connectivity index (χ1v) is 10.3. The molecule has 0 aromatic heterocycles. The first-order chi connectivity index (χ1) is 14.1. The van der Waals surface area contributed by atoms with E-state index >= 15 is 0 Å². The summed E-state index contributed by atoms with van der Waals surface area (Å²) in [4.78, 5) is 12.3. The van der Waals surface area contributed by atoms with E-state index in [1.54, 1.807) is 0 Å². The molecule has 1 aliphatic rings. The largest absolute Gasteiger partial charge is 0.337 e. The minimum Gasteiger partial charge on any atom is -0.337 e. The minimum absolute atomic E-state index is 0.182. The van der Waals surface area contributed by atoms with Gasteiger partial charge >= 0.3 is 6.03 Å². The van der Waals surface area contributed by atoms with Crippen molar-refractivity contribution >= 4 is 17.3 Å². The smallest absolute Gasteiger partial charge is 0.319 e. The number of para-hydroxylation sites is 1. The average molecular weight is 390 g/mol. The molecule has 0 saturated carbocycles. The van der Waals surface area contributed by atoms with E-state index in [1.165, 1.54) is 22.3 Å². The van der Waals surface area contributed by atoms with Gasteiger partial charge in [0.15, 0.2) is 0 Å². The molecule has 2 aromatic rings. The number of amides is 2. The quantitative estimate of drug-likeness (QED) is 0.614. The Morgan fingerprint density at radius 2 is 1.93 bits per heavy atom. The van der Waals surface area contributed by atoms with Gasteiger partial charge in [0.05, 0.1) is 0 Å². The van der Waals surface area contributed by atoms with Crippen molar-refractivity contribution in [2.75, 3.05) is 18.4 Å². The second-order valence-electron chi connectivity index (χ2n) is 7.81. The van der Waals surface area contributed by atoms with Crippen LogP contribution >= 0.6 is 0 Å². The molecule has 4 N–H and O–H groups in total. The SMILES string of the molecule is Cc1cccc(C2=CC=C(C(CCN)CNC(=O)Nc3ccccc3)C(C)C2)c1. The Morgan fingerprint density at radius 1 is 1.14 bits per heavy atom. The highest BCUT2D eigenvalue weighted by atomic mass is 16.2. The number of anilines is 1. The van der Waals surface area contributed by atoms with Crippen LogP contribution in [-0.4, -0.2) is 19.1 Å². The van der Waals surface area contributed by atoms with Crippen molar-refractivity contribution in [2.24, 2.45) is 17.6 Å². The summed E-state index contributed by atoms with van der Waals surface area (Å²) in [6.07, 6.45) is 6.34. The van der Waals surface area contributed by atoms with Crippen molar-refractivity contribution in [2.45, 2.75) is 26.7 Å². The number of aryl methyl sites for hydroxylation is 1. The molecule has 0 bridgehead atoms. The second kappa shape index (κ2) is 10.1. The molecular weight excluding hydrogens is 358 g/mol. The van der Waals surface area contributed by atoms with Crippen LogP contribution in [0.15, 0.2) is 72.3 Å². The fourth-order valence-corrected chi connectivity index (χ4v) is 3.97. The van der Waals surface area contributed by atoms with Crippen LogP contribution in [0.1, 0.15) is 30.9 Å². The molecule has 0 heterocycles. The third-order valence-corrected chi connectivity index (χ3v) is 5.49. The zero-order valence-electron chi connectivity index (χ0n) is 17.3. The Kier molecular flexibility index (Phi) is 7.25. The summed E-state index contributed by atoms with van der Waals surface area (Å²) in [5.41, 5.74) is 12.0. The van der Waals surface area contributed by atoms with Crippen LogP contribution in [0.4, 0.5) is 10.5 Å². The summed E-state index contributed by atoms with van der Waals surface area (Å²) in [6.45, 7) is 5.58. The highest BCUT2D eigenvalue weighted by Crippen LogP contribution is 2.35. The molecule has 0 aliphatic heterocycles. The van der Waals surface area contributed by atoms with Crippen molar-refractivity contribution in [1.29, 1.82) is 0 Å². The third-order valence-electron chi connectivity index (χ3n) is 5.49. The van der Waals surface area contributed by atoms with Crippen LogP contribution in [0.2, 0.25) is 0 Å². The number of carbonyl (C=O) groups excluding carboxylic acids is 1. The van der Waals surface area contributed by atoms with Crippen LogP contribution in [-0.2, 0) is 0 Å². The maximum atomic E-state index is 12.3. The lowest BCUT2D eigenvalue weighted by Gasteiger charge is -2.29. The minimum atomic E-state index is -0.182. The van der Waals surface area contributed by atoms with Gasteiger partial charge in [-0.3, -0.25) is 0 Å². The molecule has 152 valence electrons. The van der Waals surface area contributed by atoms with Gasteiger partial charge in [-0.2, -0.15) is 0 Å². The maximum absolute atomic E-state index is 12.3. The predicted octanol–water partition coefficient (Wildman–Crippen LogP) is 5.13. The van der Waals surface area contributed by atoms with E-state index in [1.807, 2.05) is 30.3 Å². The molecule has 4 nitrogen and oxygen atoms in total. The molecule has 3 rings (SSSR count). The highest BCUT2D eigenvalue weighted by Gasteiger charge is 2.23. The topological polar surface area (TPSA) is 67.1 Å². The van der Waals surface area contributed by atoms with E-state index in [9.17, 15) is 4.79 Å². The number of nitrogens with one attached hydrogen (secondary N) is 2. The van der Waals surface area contributed by atoms with E-state index in [0.717, 1.165) is 18.5 Å². The van der Waals surface area contributed by atoms with Crippen molar-refractivity contribution in [1.82, 2.24) is 5.32 Å². The van der Waals surface area contributed by atoms with Gasteiger partial charge in [-0.15, -0.1) is 0 Å². The fourth-order valence-electron chi connectivity index (χ4n) is 3.97. The second-order valence-corrected chi connectivity index (χ2v) is 7.81. The monoisotopic (exact) mass is 389 g/mol. The summed E-state index contributed by atoms with van der Waals surface area (Å²) in [6, 6.07) is 18.0. The zero-order valence-corrected chi connectivity index (χ0v) is 17.3. The molecule has 0 spiro atoms. The summed E-state index contributed by atoms with van der Waals surface area (Å²) in [5, 5.41) is 5.89. The molecule has 0 fully saturated rings. The number of hydrogen-bond donors (Lipinski definition) is 3. The van der Waals surface area contributed by atoms with Crippen LogP contribution in [0, 0.1) is 18.8 Å². The molecule has 0 saturated heterocycles. The van der Waals surface area contributed by atoms with Crippen LogP contribution < -0.4 is 16.4 Å². The average Bonchev–Trinajstić information content (AvgIpc) is 2.72. The van der Waals surface area contributed by atoms with E-state index < -0.39 is 0 Å². The Labute approximate surface area is 173 Å².